The third-order valence-corrected chi connectivity index (χ3v) is 3.77. The molecule has 1 aromatic rings. The summed E-state index contributed by atoms with van der Waals surface area (Å²) in [5.41, 5.74) is 1.40. The Balaban J connectivity index is 2.46. The van der Waals surface area contributed by atoms with Gasteiger partial charge in [0, 0.05) is 17.8 Å². The zero-order valence-corrected chi connectivity index (χ0v) is 13.4. The molecule has 122 valence electrons. The highest BCUT2D eigenvalue weighted by atomic mass is 32.1. The molecule has 8 nitrogen and oxygen atoms in total. The molecule has 9 heteroatoms. The zero-order chi connectivity index (χ0) is 17.1. The molecule has 0 spiro atoms. The van der Waals surface area contributed by atoms with Gasteiger partial charge in [-0.2, -0.15) is 0 Å². The van der Waals surface area contributed by atoms with Crippen LogP contribution in [0.3, 0.4) is 0 Å². The first-order valence-corrected chi connectivity index (χ1v) is 7.25. The number of ether oxygens (including phenoxy) is 1. The normalized spacial score (nSPS) is 17.8. The number of non-ortho nitro benzene ring substituents is 1. The molecule has 0 unspecified atom stereocenters. The van der Waals surface area contributed by atoms with Crippen molar-refractivity contribution < 1.29 is 14.5 Å². The van der Waals surface area contributed by atoms with E-state index in [2.05, 4.69) is 5.32 Å². The van der Waals surface area contributed by atoms with Crippen molar-refractivity contribution in [2.75, 3.05) is 6.61 Å². The molecule has 0 aliphatic carbocycles. The second-order valence-electron chi connectivity index (χ2n) is 4.82. The summed E-state index contributed by atoms with van der Waals surface area (Å²) in [5, 5.41) is 15.2. The van der Waals surface area contributed by atoms with Gasteiger partial charge in [-0.3, -0.25) is 15.1 Å². The van der Waals surface area contributed by atoms with Crippen LogP contribution in [0, 0.1) is 10.1 Å². The summed E-state index contributed by atoms with van der Waals surface area (Å²) >= 11 is 5.15. The van der Waals surface area contributed by atoms with E-state index in [9.17, 15) is 14.9 Å². The fourth-order valence-corrected chi connectivity index (χ4v) is 2.52. The van der Waals surface area contributed by atoms with Gasteiger partial charge in [0.2, 0.25) is 0 Å². The third-order valence-electron chi connectivity index (χ3n) is 3.46. The van der Waals surface area contributed by atoms with Crippen LogP contribution in [0.1, 0.15) is 25.5 Å². The molecule has 1 heterocycles. The minimum absolute atomic E-state index is 0.0361. The molecule has 23 heavy (non-hydrogen) atoms. The van der Waals surface area contributed by atoms with Crippen LogP contribution in [0.4, 0.5) is 5.69 Å². The van der Waals surface area contributed by atoms with Crippen LogP contribution in [0.2, 0.25) is 0 Å². The second-order valence-corrected chi connectivity index (χ2v) is 5.21. The molecule has 0 saturated carbocycles. The SMILES string of the molecule is CCOC(=O)C1=C(C)N(N)C(=S)N[C@@H]1c1ccc([N+](=O)[O-])cc1. The van der Waals surface area contributed by atoms with Crippen molar-refractivity contribution in [3.63, 3.8) is 0 Å². The highest BCUT2D eigenvalue weighted by molar-refractivity contribution is 7.80. The molecule has 1 atom stereocenters. The lowest BCUT2D eigenvalue weighted by Gasteiger charge is -2.34. The van der Waals surface area contributed by atoms with E-state index in [1.807, 2.05) is 0 Å². The number of nitro benzene ring substituents is 1. The molecule has 1 aliphatic rings. The van der Waals surface area contributed by atoms with Crippen molar-refractivity contribution in [3.05, 3.63) is 51.2 Å². The number of nitrogens with two attached hydrogens (primary N) is 1. The monoisotopic (exact) mass is 336 g/mol. The zero-order valence-electron chi connectivity index (χ0n) is 12.6. The second kappa shape index (κ2) is 6.71. The van der Waals surface area contributed by atoms with Crippen molar-refractivity contribution in [3.8, 4) is 0 Å². The number of nitrogens with one attached hydrogen (secondary N) is 1. The number of nitrogens with zero attached hydrogens (tertiary/aromatic N) is 2. The van der Waals surface area contributed by atoms with E-state index in [1.54, 1.807) is 26.0 Å². The highest BCUT2D eigenvalue weighted by Crippen LogP contribution is 2.31. The van der Waals surface area contributed by atoms with Gasteiger partial charge in [-0.15, -0.1) is 0 Å². The number of carbonyl (C=O) groups is 1. The maximum atomic E-state index is 12.3. The van der Waals surface area contributed by atoms with E-state index in [-0.39, 0.29) is 17.4 Å². The summed E-state index contributed by atoms with van der Waals surface area (Å²) in [6.07, 6.45) is 0. The molecule has 1 aromatic carbocycles. The molecule has 0 fully saturated rings. The fourth-order valence-electron chi connectivity index (χ4n) is 2.27. The van der Waals surface area contributed by atoms with Crippen LogP contribution in [0.5, 0.6) is 0 Å². The first-order chi connectivity index (χ1) is 10.9. The summed E-state index contributed by atoms with van der Waals surface area (Å²) in [6, 6.07) is 5.29. The van der Waals surface area contributed by atoms with Crippen LogP contribution in [-0.4, -0.2) is 27.6 Å². The number of nitro groups is 1. The summed E-state index contributed by atoms with van der Waals surface area (Å²) in [6.45, 7) is 3.59. The Morgan fingerprint density at radius 2 is 2.09 bits per heavy atom. The Morgan fingerprint density at radius 1 is 1.48 bits per heavy atom. The van der Waals surface area contributed by atoms with E-state index < -0.39 is 16.9 Å². The summed E-state index contributed by atoms with van der Waals surface area (Å²) in [7, 11) is 0. The van der Waals surface area contributed by atoms with Crippen molar-refractivity contribution in [1.29, 1.82) is 0 Å². The quantitative estimate of drug-likeness (QED) is 0.280. The third kappa shape index (κ3) is 3.30. The first kappa shape index (κ1) is 16.8. The van der Waals surface area contributed by atoms with Crippen LogP contribution in [0.15, 0.2) is 35.5 Å². The maximum Gasteiger partial charge on any atom is 0.338 e. The van der Waals surface area contributed by atoms with Gasteiger partial charge in [0.25, 0.3) is 5.69 Å². The van der Waals surface area contributed by atoms with E-state index in [1.165, 1.54) is 17.1 Å². The smallest absolute Gasteiger partial charge is 0.338 e. The highest BCUT2D eigenvalue weighted by Gasteiger charge is 2.33. The number of hydrogen-bond donors (Lipinski definition) is 2. The predicted octanol–water partition coefficient (Wildman–Crippen LogP) is 1.54. The van der Waals surface area contributed by atoms with Crippen molar-refractivity contribution >= 4 is 29.0 Å². The maximum absolute atomic E-state index is 12.3. The number of carbonyl (C=O) groups excluding carboxylic acids is 1. The number of thiocarbonyl (C=S) groups is 1. The largest absolute Gasteiger partial charge is 0.463 e. The van der Waals surface area contributed by atoms with Gasteiger partial charge < -0.3 is 10.1 Å². The van der Waals surface area contributed by atoms with E-state index in [4.69, 9.17) is 22.8 Å². The molecular weight excluding hydrogens is 320 g/mol. The lowest BCUT2D eigenvalue weighted by atomic mass is 9.95. The van der Waals surface area contributed by atoms with Crippen molar-refractivity contribution in [1.82, 2.24) is 10.3 Å². The number of hydrogen-bond acceptors (Lipinski definition) is 6. The molecule has 0 aromatic heterocycles. The predicted molar refractivity (Wildman–Crippen MR) is 86.9 cm³/mol. The average molecular weight is 336 g/mol. The Kier molecular flexibility index (Phi) is 4.92. The number of esters is 1. The molecule has 1 aliphatic heterocycles. The molecular formula is C14H16N4O4S. The van der Waals surface area contributed by atoms with Gasteiger partial charge in [-0.25, -0.2) is 10.6 Å². The van der Waals surface area contributed by atoms with Gasteiger partial charge in [0.1, 0.15) is 0 Å². The lowest BCUT2D eigenvalue weighted by molar-refractivity contribution is -0.384. The molecule has 0 amide bonds. The van der Waals surface area contributed by atoms with Crippen LogP contribution in [0.25, 0.3) is 0 Å². The Hall–Kier alpha value is -2.52. The van der Waals surface area contributed by atoms with E-state index in [0.29, 0.717) is 16.8 Å². The number of allylic oxidation sites excluding steroid dienone is 1. The lowest BCUT2D eigenvalue weighted by Crippen LogP contribution is -2.50. The topological polar surface area (TPSA) is 111 Å². The minimum atomic E-state index is -0.581. The summed E-state index contributed by atoms with van der Waals surface area (Å²) < 4.78 is 5.08. The van der Waals surface area contributed by atoms with Gasteiger partial charge in [0.05, 0.1) is 23.1 Å². The Labute approximate surface area is 138 Å². The number of benzene rings is 1. The van der Waals surface area contributed by atoms with Gasteiger partial charge in [-0.05, 0) is 43.8 Å². The summed E-state index contributed by atoms with van der Waals surface area (Å²) in [5.74, 6) is 5.31. The van der Waals surface area contributed by atoms with Gasteiger partial charge in [0.15, 0.2) is 5.11 Å². The van der Waals surface area contributed by atoms with E-state index >= 15 is 0 Å². The van der Waals surface area contributed by atoms with Crippen molar-refractivity contribution in [2.24, 2.45) is 5.84 Å². The average Bonchev–Trinajstić information content (AvgIpc) is 2.52. The van der Waals surface area contributed by atoms with Crippen LogP contribution < -0.4 is 11.2 Å². The number of rotatable bonds is 4. The molecule has 0 saturated heterocycles. The summed E-state index contributed by atoms with van der Waals surface area (Å²) in [4.78, 5) is 22.5. The Morgan fingerprint density at radius 3 is 2.61 bits per heavy atom. The minimum Gasteiger partial charge on any atom is -0.463 e. The standard InChI is InChI=1S/C14H16N4O4S/c1-3-22-13(19)11-8(2)17(15)14(23)16-12(11)9-4-6-10(7-5-9)18(20)21/h4-7,12H,3,15H2,1-2H3,(H,16,23)/t12-/m1/s1. The van der Waals surface area contributed by atoms with Gasteiger partial charge >= 0.3 is 5.97 Å². The van der Waals surface area contributed by atoms with Gasteiger partial charge in [-0.1, -0.05) is 0 Å². The first-order valence-electron chi connectivity index (χ1n) is 6.84. The van der Waals surface area contributed by atoms with Crippen molar-refractivity contribution in [2.45, 2.75) is 19.9 Å². The molecule has 0 bridgehead atoms. The van der Waals surface area contributed by atoms with Crippen LogP contribution in [-0.2, 0) is 9.53 Å². The fraction of sp³-hybridized carbons (Fsp3) is 0.286. The Bertz CT molecular complexity index is 687. The molecule has 3 N–H and O–H groups in total. The molecule has 2 rings (SSSR count). The van der Waals surface area contributed by atoms with E-state index in [0.717, 1.165) is 0 Å². The molecule has 0 radical (unpaired) electrons. The van der Waals surface area contributed by atoms with Crippen LogP contribution >= 0.6 is 12.2 Å². The number of hydrazine groups is 1.